The van der Waals surface area contributed by atoms with Crippen LogP contribution in [-0.2, 0) is 64.4 Å². The van der Waals surface area contributed by atoms with E-state index in [-0.39, 0.29) is 32.8 Å². The second-order valence-corrected chi connectivity index (χ2v) is 11.6. The van der Waals surface area contributed by atoms with Crippen molar-refractivity contribution in [2.45, 2.75) is 62.9 Å². The molecule has 0 aliphatic carbocycles. The summed E-state index contributed by atoms with van der Waals surface area (Å²) in [7, 11) is 1.17. The third kappa shape index (κ3) is 8.92. The molecule has 0 saturated carbocycles. The van der Waals surface area contributed by atoms with Crippen LogP contribution in [0.15, 0.2) is 134 Å². The quantitative estimate of drug-likeness (QED) is 0.0736. The number of ether oxygens (including phenoxy) is 6. The van der Waals surface area contributed by atoms with Crippen molar-refractivity contribution in [3.63, 3.8) is 0 Å². The Morgan fingerprint density at radius 3 is 1.56 bits per heavy atom. The molecule has 5 rings (SSSR count). The summed E-state index contributed by atoms with van der Waals surface area (Å²) in [5, 5.41) is 0. The normalized spacial score (nSPS) is 22.1. The number of hydrogen-bond acceptors (Lipinski definition) is 8. The highest BCUT2D eigenvalue weighted by molar-refractivity contribution is 6.37. The van der Waals surface area contributed by atoms with E-state index in [4.69, 9.17) is 28.4 Å². The zero-order valence-electron chi connectivity index (χ0n) is 27.1. The molecule has 1 heterocycles. The Bertz CT molecular complexity index is 1560. The molecule has 0 radical (unpaired) electrons. The molecule has 2 unspecified atom stereocenters. The first-order valence-corrected chi connectivity index (χ1v) is 16.0. The zero-order valence-corrected chi connectivity index (χ0v) is 27.1. The fourth-order valence-corrected chi connectivity index (χ4v) is 5.88. The average molecular weight is 651 g/mol. The van der Waals surface area contributed by atoms with Gasteiger partial charge in [-0.3, -0.25) is 4.79 Å². The summed E-state index contributed by atoms with van der Waals surface area (Å²) >= 11 is 0. The fourth-order valence-electron chi connectivity index (χ4n) is 5.88. The van der Waals surface area contributed by atoms with Gasteiger partial charge in [0, 0.05) is 6.42 Å². The van der Waals surface area contributed by atoms with E-state index in [2.05, 4.69) is 6.58 Å². The van der Waals surface area contributed by atoms with Crippen LogP contribution in [0.3, 0.4) is 0 Å². The van der Waals surface area contributed by atoms with E-state index in [1.54, 1.807) is 6.08 Å². The lowest BCUT2D eigenvalue weighted by atomic mass is 9.78. The number of carbonyl (C=O) groups excluding carboxylic acids is 2. The molecule has 250 valence electrons. The van der Waals surface area contributed by atoms with Gasteiger partial charge in [-0.2, -0.15) is 0 Å². The molecule has 4 aromatic carbocycles. The van der Waals surface area contributed by atoms with Gasteiger partial charge in [-0.05, 0) is 22.3 Å². The third-order valence-corrected chi connectivity index (χ3v) is 8.25. The topological polar surface area (TPSA) is 89.5 Å². The molecule has 0 aromatic heterocycles. The molecule has 0 N–H and O–H groups in total. The maximum atomic E-state index is 14.1. The Hall–Kier alpha value is -4.44. The van der Waals surface area contributed by atoms with Crippen LogP contribution in [0, 0.1) is 0 Å². The number of Topliss-reactive ketones (excluding diaryl/α,β-unsaturated/α-hetero) is 1. The van der Waals surface area contributed by atoms with Gasteiger partial charge in [0.2, 0.25) is 0 Å². The van der Waals surface area contributed by atoms with Gasteiger partial charge in [-0.1, -0.05) is 127 Å². The summed E-state index contributed by atoms with van der Waals surface area (Å²) in [4.78, 5) is 27.2. The average Bonchev–Trinajstić information content (AvgIpc) is 3.14. The van der Waals surface area contributed by atoms with Crippen molar-refractivity contribution < 1.29 is 38.0 Å². The second kappa shape index (κ2) is 17.6. The van der Waals surface area contributed by atoms with Crippen LogP contribution in [0.5, 0.6) is 0 Å². The van der Waals surface area contributed by atoms with Crippen molar-refractivity contribution >= 4 is 11.8 Å². The molecule has 8 heteroatoms. The molecule has 1 aliphatic heterocycles. The molecule has 1 fully saturated rings. The Kier molecular flexibility index (Phi) is 12.8. The minimum absolute atomic E-state index is 0.0400. The molecule has 0 bridgehead atoms. The van der Waals surface area contributed by atoms with Crippen molar-refractivity contribution in [3.05, 3.63) is 156 Å². The second-order valence-electron chi connectivity index (χ2n) is 11.6. The highest BCUT2D eigenvalue weighted by atomic mass is 16.6. The summed E-state index contributed by atoms with van der Waals surface area (Å²) in [5.74, 6) is -1.95. The van der Waals surface area contributed by atoms with Crippen molar-refractivity contribution in [1.29, 1.82) is 0 Å². The molecule has 1 saturated heterocycles. The predicted octanol–water partition coefficient (Wildman–Crippen LogP) is 6.42. The van der Waals surface area contributed by atoms with Crippen molar-refractivity contribution in [2.24, 2.45) is 0 Å². The predicted molar refractivity (Wildman–Crippen MR) is 181 cm³/mol. The van der Waals surface area contributed by atoms with Crippen LogP contribution < -0.4 is 0 Å². The standard InChI is InChI=1S/C40H42O8/c1-3-24-40(37(41)39(42)43-2)38(47-28-33-22-14-7-15-23-33)36(46-27-32-20-12-6-13-21-32)35(45-26-31-18-10-5-11-19-31)34(48-40)29-44-25-30-16-8-4-9-17-30/h3-23,34-36,38H,1,24-29H2,2H3/t34?,35-,36+,38?,40-/m0/s1. The van der Waals surface area contributed by atoms with Crippen LogP contribution in [0.1, 0.15) is 28.7 Å². The Balaban J connectivity index is 1.56. The minimum Gasteiger partial charge on any atom is -0.463 e. The van der Waals surface area contributed by atoms with Gasteiger partial charge in [0.1, 0.15) is 24.4 Å². The molecule has 5 atom stereocenters. The van der Waals surface area contributed by atoms with E-state index in [1.807, 2.05) is 121 Å². The molecular formula is C40H42O8. The number of ketones is 1. The molecule has 0 amide bonds. The smallest absolute Gasteiger partial charge is 0.377 e. The highest BCUT2D eigenvalue weighted by Gasteiger charge is 2.61. The van der Waals surface area contributed by atoms with E-state index in [1.165, 1.54) is 7.11 Å². The Morgan fingerprint density at radius 2 is 1.10 bits per heavy atom. The maximum Gasteiger partial charge on any atom is 0.377 e. The van der Waals surface area contributed by atoms with Gasteiger partial charge in [0.05, 0.1) is 40.1 Å². The monoisotopic (exact) mass is 650 g/mol. The van der Waals surface area contributed by atoms with E-state index in [0.717, 1.165) is 22.3 Å². The minimum atomic E-state index is -1.85. The van der Waals surface area contributed by atoms with E-state index in [9.17, 15) is 9.59 Å². The molecule has 1 aliphatic rings. The molecule has 4 aromatic rings. The van der Waals surface area contributed by atoms with Crippen molar-refractivity contribution in [2.75, 3.05) is 13.7 Å². The maximum absolute atomic E-state index is 14.1. The number of hydrogen-bond donors (Lipinski definition) is 0. The van der Waals surface area contributed by atoms with E-state index >= 15 is 0 Å². The van der Waals surface area contributed by atoms with Gasteiger partial charge < -0.3 is 28.4 Å². The summed E-state index contributed by atoms with van der Waals surface area (Å²) < 4.78 is 37.9. The number of benzene rings is 4. The number of esters is 1. The SMILES string of the molecule is C=CC[C@@]1(C(=O)C(=O)OC)OC(COCc2ccccc2)[C@H](OCc2ccccc2)[C@@H](OCc2ccccc2)C1OCc1ccccc1. The van der Waals surface area contributed by atoms with E-state index < -0.39 is 41.8 Å². The van der Waals surface area contributed by atoms with Gasteiger partial charge in [-0.15, -0.1) is 6.58 Å². The van der Waals surface area contributed by atoms with Crippen molar-refractivity contribution in [1.82, 2.24) is 0 Å². The summed E-state index contributed by atoms with van der Waals surface area (Å²) in [6.07, 6.45) is -2.10. The first-order chi connectivity index (χ1) is 23.5. The summed E-state index contributed by atoms with van der Waals surface area (Å²) in [5.41, 5.74) is 1.85. The first kappa shape index (κ1) is 34.9. The highest BCUT2D eigenvalue weighted by Crippen LogP contribution is 2.40. The summed E-state index contributed by atoms with van der Waals surface area (Å²) in [6.45, 7) is 4.80. The Labute approximate surface area is 282 Å². The van der Waals surface area contributed by atoms with Crippen LogP contribution >= 0.6 is 0 Å². The number of carbonyl (C=O) groups is 2. The molecule has 8 nitrogen and oxygen atoms in total. The van der Waals surface area contributed by atoms with Gasteiger partial charge in [0.25, 0.3) is 5.78 Å². The van der Waals surface area contributed by atoms with E-state index in [0.29, 0.717) is 6.61 Å². The van der Waals surface area contributed by atoms with Gasteiger partial charge >= 0.3 is 5.97 Å². The lowest BCUT2D eigenvalue weighted by Gasteiger charge is -2.51. The number of rotatable bonds is 17. The van der Waals surface area contributed by atoms with Crippen LogP contribution in [0.4, 0.5) is 0 Å². The lowest BCUT2D eigenvalue weighted by Crippen LogP contribution is -2.70. The molecule has 48 heavy (non-hydrogen) atoms. The first-order valence-electron chi connectivity index (χ1n) is 16.0. The van der Waals surface area contributed by atoms with Crippen molar-refractivity contribution in [3.8, 4) is 0 Å². The molecule has 0 spiro atoms. The summed E-state index contributed by atoms with van der Waals surface area (Å²) in [6, 6.07) is 38.8. The number of methoxy groups -OCH3 is 1. The largest absolute Gasteiger partial charge is 0.463 e. The van der Waals surface area contributed by atoms with Crippen LogP contribution in [0.2, 0.25) is 0 Å². The third-order valence-electron chi connectivity index (χ3n) is 8.25. The lowest BCUT2D eigenvalue weighted by molar-refractivity contribution is -0.298. The molecular weight excluding hydrogens is 608 g/mol. The zero-order chi connectivity index (χ0) is 33.6. The van der Waals surface area contributed by atoms with Gasteiger partial charge in [0.15, 0.2) is 5.60 Å². The van der Waals surface area contributed by atoms with Gasteiger partial charge in [-0.25, -0.2) is 4.79 Å². The van der Waals surface area contributed by atoms with Crippen LogP contribution in [0.25, 0.3) is 0 Å². The van der Waals surface area contributed by atoms with Crippen LogP contribution in [-0.4, -0.2) is 55.5 Å². The Morgan fingerprint density at radius 1 is 0.667 bits per heavy atom. The fraction of sp³-hybridized carbons (Fsp3) is 0.300.